The van der Waals surface area contributed by atoms with Gasteiger partial charge < -0.3 is 0 Å². The van der Waals surface area contributed by atoms with E-state index in [9.17, 15) is 0 Å². The summed E-state index contributed by atoms with van der Waals surface area (Å²) in [7, 11) is 0. The molecule has 1 unspecified atom stereocenters. The van der Waals surface area contributed by atoms with Crippen molar-refractivity contribution in [1.29, 1.82) is 0 Å². The van der Waals surface area contributed by atoms with Crippen molar-refractivity contribution in [3.05, 3.63) is 23.8 Å². The van der Waals surface area contributed by atoms with Gasteiger partial charge in [-0.3, -0.25) is 0 Å². The van der Waals surface area contributed by atoms with Gasteiger partial charge in [-0.1, -0.05) is 30.7 Å². The van der Waals surface area contributed by atoms with Gasteiger partial charge in [0.25, 0.3) is 0 Å². The summed E-state index contributed by atoms with van der Waals surface area (Å²) >= 11 is 1.92. The molecule has 0 saturated heterocycles. The zero-order valence-electron chi connectivity index (χ0n) is 7.34. The van der Waals surface area contributed by atoms with Crippen LogP contribution in [0.3, 0.4) is 0 Å². The van der Waals surface area contributed by atoms with E-state index < -0.39 is 0 Å². The first kappa shape index (κ1) is 8.92. The lowest BCUT2D eigenvalue weighted by Gasteiger charge is -2.10. The number of hydrogen-bond donors (Lipinski definition) is 0. The second kappa shape index (κ2) is 4.66. The van der Waals surface area contributed by atoms with Crippen molar-refractivity contribution < 1.29 is 0 Å². The van der Waals surface area contributed by atoms with Gasteiger partial charge in [0.1, 0.15) is 0 Å². The molecule has 1 aliphatic rings. The second-order valence-corrected chi connectivity index (χ2v) is 4.08. The third-order valence-electron chi connectivity index (χ3n) is 1.99. The zero-order valence-corrected chi connectivity index (χ0v) is 8.16. The molecule has 0 heterocycles. The Labute approximate surface area is 73.8 Å². The molecule has 0 spiro atoms. The molecule has 0 aromatic rings. The first-order chi connectivity index (χ1) is 5.33. The Bertz CT molecular complexity index is 168. The molecule has 1 aliphatic carbocycles. The van der Waals surface area contributed by atoms with Crippen LogP contribution in [0.25, 0.3) is 0 Å². The summed E-state index contributed by atoms with van der Waals surface area (Å²) in [6.45, 7) is 2.26. The summed E-state index contributed by atoms with van der Waals surface area (Å²) in [6.07, 6.45) is 11.6. The van der Waals surface area contributed by atoms with Crippen molar-refractivity contribution >= 4 is 11.8 Å². The van der Waals surface area contributed by atoms with Crippen molar-refractivity contribution in [2.45, 2.75) is 19.8 Å². The smallest absolute Gasteiger partial charge is 0.00299 e. The molecule has 1 heteroatoms. The fourth-order valence-electron chi connectivity index (χ4n) is 1.18. The number of thioether (sulfide) groups is 1. The second-order valence-electron chi connectivity index (χ2n) is 3.09. The highest BCUT2D eigenvalue weighted by Crippen LogP contribution is 2.18. The largest absolute Gasteiger partial charge is 0.165 e. The minimum Gasteiger partial charge on any atom is -0.165 e. The summed E-state index contributed by atoms with van der Waals surface area (Å²) in [6, 6.07) is 0. The molecular formula is C10H16S. The molecule has 0 nitrogen and oxygen atoms in total. The molecule has 0 fully saturated rings. The molecule has 0 saturated carbocycles. The van der Waals surface area contributed by atoms with Crippen LogP contribution in [0.15, 0.2) is 23.8 Å². The maximum atomic E-state index is 2.38. The molecule has 62 valence electrons. The van der Waals surface area contributed by atoms with E-state index in [4.69, 9.17) is 0 Å². The Balaban J connectivity index is 2.31. The monoisotopic (exact) mass is 168 g/mol. The molecule has 1 rings (SSSR count). The number of hydrogen-bond acceptors (Lipinski definition) is 1. The zero-order chi connectivity index (χ0) is 8.10. The van der Waals surface area contributed by atoms with Gasteiger partial charge >= 0.3 is 0 Å². The van der Waals surface area contributed by atoms with Gasteiger partial charge in [0.05, 0.1) is 0 Å². The van der Waals surface area contributed by atoms with Crippen molar-refractivity contribution in [3.63, 3.8) is 0 Å². The third-order valence-corrected chi connectivity index (χ3v) is 2.60. The van der Waals surface area contributed by atoms with Crippen LogP contribution in [0.5, 0.6) is 0 Å². The normalized spacial score (nSPS) is 23.5. The van der Waals surface area contributed by atoms with Crippen molar-refractivity contribution in [2.75, 3.05) is 12.0 Å². The first-order valence-corrected chi connectivity index (χ1v) is 5.58. The van der Waals surface area contributed by atoms with Crippen LogP contribution >= 0.6 is 11.8 Å². The fraction of sp³-hybridized carbons (Fsp3) is 0.600. The van der Waals surface area contributed by atoms with Crippen LogP contribution in [-0.2, 0) is 0 Å². The van der Waals surface area contributed by atoms with E-state index in [0.717, 1.165) is 5.92 Å². The Morgan fingerprint density at radius 1 is 1.64 bits per heavy atom. The molecule has 0 aliphatic heterocycles. The highest BCUT2D eigenvalue weighted by atomic mass is 32.2. The lowest BCUT2D eigenvalue weighted by atomic mass is 9.97. The summed E-state index contributed by atoms with van der Waals surface area (Å²) in [4.78, 5) is 0. The SMILES string of the molecule is CSCCC1=CCC(C)C=C1. The van der Waals surface area contributed by atoms with E-state index >= 15 is 0 Å². The van der Waals surface area contributed by atoms with E-state index in [2.05, 4.69) is 31.4 Å². The molecule has 1 atom stereocenters. The van der Waals surface area contributed by atoms with Crippen molar-refractivity contribution in [3.8, 4) is 0 Å². The van der Waals surface area contributed by atoms with E-state index in [1.54, 1.807) is 0 Å². The van der Waals surface area contributed by atoms with Crippen LogP contribution in [0.4, 0.5) is 0 Å². The average Bonchev–Trinajstić information content (AvgIpc) is 2.04. The van der Waals surface area contributed by atoms with E-state index in [1.165, 1.54) is 24.2 Å². The highest BCUT2D eigenvalue weighted by molar-refractivity contribution is 7.98. The predicted molar refractivity (Wildman–Crippen MR) is 54.0 cm³/mol. The van der Waals surface area contributed by atoms with Gasteiger partial charge in [0, 0.05) is 0 Å². The van der Waals surface area contributed by atoms with Crippen molar-refractivity contribution in [2.24, 2.45) is 5.92 Å². The lowest BCUT2D eigenvalue weighted by molar-refractivity contribution is 0.727. The molecule has 11 heavy (non-hydrogen) atoms. The first-order valence-electron chi connectivity index (χ1n) is 4.19. The quantitative estimate of drug-likeness (QED) is 0.623. The Kier molecular flexibility index (Phi) is 3.78. The van der Waals surface area contributed by atoms with Gasteiger partial charge in [-0.05, 0) is 30.8 Å². The average molecular weight is 168 g/mol. The van der Waals surface area contributed by atoms with Gasteiger partial charge in [0.15, 0.2) is 0 Å². The van der Waals surface area contributed by atoms with E-state index in [-0.39, 0.29) is 0 Å². The molecule has 0 N–H and O–H groups in total. The van der Waals surface area contributed by atoms with Crippen LogP contribution in [0, 0.1) is 5.92 Å². The van der Waals surface area contributed by atoms with Gasteiger partial charge in [-0.25, -0.2) is 0 Å². The third kappa shape index (κ3) is 3.15. The Morgan fingerprint density at radius 2 is 2.45 bits per heavy atom. The van der Waals surface area contributed by atoms with Crippen LogP contribution in [-0.4, -0.2) is 12.0 Å². The lowest BCUT2D eigenvalue weighted by Crippen LogP contribution is -1.95. The maximum absolute atomic E-state index is 2.38. The van der Waals surface area contributed by atoms with Crippen LogP contribution in [0.2, 0.25) is 0 Å². The summed E-state index contributed by atoms with van der Waals surface area (Å²) in [5, 5.41) is 0. The fourth-order valence-corrected chi connectivity index (χ4v) is 1.62. The molecule has 0 bridgehead atoms. The number of allylic oxidation sites excluding steroid dienone is 4. The molecule has 0 amide bonds. The molecule has 0 aromatic heterocycles. The maximum Gasteiger partial charge on any atom is -0.00299 e. The molecule has 0 radical (unpaired) electrons. The molecular weight excluding hydrogens is 152 g/mol. The van der Waals surface area contributed by atoms with E-state index in [1.807, 2.05) is 11.8 Å². The predicted octanol–water partition coefficient (Wildman–Crippen LogP) is 3.26. The minimum atomic E-state index is 0.757. The Morgan fingerprint density at radius 3 is 3.00 bits per heavy atom. The van der Waals surface area contributed by atoms with Crippen LogP contribution in [0.1, 0.15) is 19.8 Å². The number of rotatable bonds is 3. The standard InChI is InChI=1S/C10H16S/c1-9-3-5-10(6-4-9)7-8-11-2/h3,5-6,9H,4,7-8H2,1-2H3. The van der Waals surface area contributed by atoms with Crippen LogP contribution < -0.4 is 0 Å². The van der Waals surface area contributed by atoms with Gasteiger partial charge in [0.2, 0.25) is 0 Å². The summed E-state index contributed by atoms with van der Waals surface area (Å²) < 4.78 is 0. The minimum absolute atomic E-state index is 0.757. The summed E-state index contributed by atoms with van der Waals surface area (Å²) in [5.41, 5.74) is 1.53. The highest BCUT2D eigenvalue weighted by Gasteiger charge is 2.01. The van der Waals surface area contributed by atoms with Gasteiger partial charge in [-0.2, -0.15) is 11.8 Å². The summed E-state index contributed by atoms with van der Waals surface area (Å²) in [5.74, 6) is 2.01. The molecule has 0 aromatic carbocycles. The van der Waals surface area contributed by atoms with E-state index in [0.29, 0.717) is 0 Å². The topological polar surface area (TPSA) is 0 Å². The Hall–Kier alpha value is -0.170. The van der Waals surface area contributed by atoms with Gasteiger partial charge in [-0.15, -0.1) is 0 Å². The van der Waals surface area contributed by atoms with Crippen molar-refractivity contribution in [1.82, 2.24) is 0 Å².